The van der Waals surface area contributed by atoms with Gasteiger partial charge in [0, 0.05) is 0 Å². The highest BCUT2D eigenvalue weighted by Gasteiger charge is 2.59. The van der Waals surface area contributed by atoms with Gasteiger partial charge < -0.3 is 14.6 Å². The van der Waals surface area contributed by atoms with Crippen molar-refractivity contribution < 1.29 is 19.4 Å². The minimum atomic E-state index is -1.88. The first-order valence-electron chi connectivity index (χ1n) is 6.65. The van der Waals surface area contributed by atoms with Crippen molar-refractivity contribution >= 4 is 13.9 Å². The predicted molar refractivity (Wildman–Crippen MR) is 84.0 cm³/mol. The summed E-state index contributed by atoms with van der Waals surface area (Å²) in [5, 5.41) is 10.7. The Bertz CT molecular complexity index is 615. The van der Waals surface area contributed by atoms with E-state index in [0.29, 0.717) is 0 Å². The van der Waals surface area contributed by atoms with Crippen LogP contribution in [0.25, 0.3) is 0 Å². The quantitative estimate of drug-likeness (QED) is 0.493. The summed E-state index contributed by atoms with van der Waals surface area (Å²) in [5.74, 6) is 2.50. The lowest BCUT2D eigenvalue weighted by Gasteiger charge is -2.36. The summed E-state index contributed by atoms with van der Waals surface area (Å²) < 4.78 is 10.1. The molecule has 0 aromatic rings. The second kappa shape index (κ2) is 5.95. The summed E-state index contributed by atoms with van der Waals surface area (Å²) in [6.07, 6.45) is 0. The molecule has 0 aliphatic heterocycles. The van der Waals surface area contributed by atoms with Crippen molar-refractivity contribution in [3.05, 3.63) is 28.4 Å². The van der Waals surface area contributed by atoms with E-state index in [1.54, 1.807) is 0 Å². The number of carbonyl (C=O) groups excluding carboxylic acids is 1. The van der Waals surface area contributed by atoms with Gasteiger partial charge in [-0.3, -0.25) is 4.79 Å². The third-order valence-electron chi connectivity index (χ3n) is 2.78. The second-order valence-corrected chi connectivity index (χ2v) is 10.9. The highest BCUT2D eigenvalue weighted by atomic mass is 28.3. The van der Waals surface area contributed by atoms with Crippen LogP contribution in [0.3, 0.4) is 0 Å². The van der Waals surface area contributed by atoms with E-state index >= 15 is 0 Å². The van der Waals surface area contributed by atoms with Crippen molar-refractivity contribution in [3.8, 4) is 11.5 Å². The number of hydrogen-bond donors (Lipinski definition) is 1. The fourth-order valence-electron chi connectivity index (χ4n) is 1.84. The second-order valence-electron chi connectivity index (χ2n) is 6.11. The van der Waals surface area contributed by atoms with E-state index in [0.717, 1.165) is 5.57 Å². The van der Waals surface area contributed by atoms with Crippen molar-refractivity contribution in [1.82, 2.24) is 0 Å². The highest BCUT2D eigenvalue weighted by Crippen LogP contribution is 2.41. The minimum absolute atomic E-state index is 0.0304. The van der Waals surface area contributed by atoms with Crippen molar-refractivity contribution in [1.29, 1.82) is 0 Å². The molecule has 0 radical (unpaired) electrons. The van der Waals surface area contributed by atoms with Crippen LogP contribution in [-0.4, -0.2) is 38.8 Å². The predicted octanol–water partition coefficient (Wildman–Crippen LogP) is 2.18. The maximum Gasteiger partial charge on any atom is 0.246 e. The standard InChI is InChI=1S/C16H22O4Si/c1-11(2)10-12(8-9-21(5,6)7)16(18)14(17)13(19-3)15(16)20-4/h18H,1-7H3. The van der Waals surface area contributed by atoms with E-state index in [9.17, 15) is 9.90 Å². The fraction of sp³-hybridized carbons (Fsp3) is 0.500. The molecule has 1 atom stereocenters. The smallest absolute Gasteiger partial charge is 0.246 e. The maximum atomic E-state index is 12.2. The summed E-state index contributed by atoms with van der Waals surface area (Å²) in [5.41, 5.74) is 5.27. The van der Waals surface area contributed by atoms with E-state index in [1.807, 2.05) is 13.8 Å². The van der Waals surface area contributed by atoms with Crippen LogP contribution in [0.5, 0.6) is 0 Å². The number of rotatable bonds is 3. The van der Waals surface area contributed by atoms with Crippen LogP contribution in [0.2, 0.25) is 19.6 Å². The molecule has 0 aromatic carbocycles. The SMILES string of the molecule is COC1=C(OC)C(O)(C(=C=C(C)C)C#C[Si](C)(C)C)C1=O. The van der Waals surface area contributed by atoms with Gasteiger partial charge in [-0.05, 0) is 19.4 Å². The summed E-state index contributed by atoms with van der Waals surface area (Å²) in [6.45, 7) is 9.91. The van der Waals surface area contributed by atoms with Crippen LogP contribution < -0.4 is 0 Å². The van der Waals surface area contributed by atoms with E-state index < -0.39 is 19.5 Å². The van der Waals surface area contributed by atoms with Gasteiger partial charge in [0.15, 0.2) is 5.76 Å². The van der Waals surface area contributed by atoms with Crippen LogP contribution in [0.15, 0.2) is 28.4 Å². The zero-order valence-corrected chi connectivity index (χ0v) is 14.7. The molecule has 0 spiro atoms. The van der Waals surface area contributed by atoms with Crippen molar-refractivity contribution in [2.45, 2.75) is 39.1 Å². The molecule has 21 heavy (non-hydrogen) atoms. The Kier molecular flexibility index (Phi) is 4.90. The molecule has 1 aliphatic rings. The Balaban J connectivity index is 3.50. The lowest BCUT2D eigenvalue weighted by atomic mass is 9.77. The Morgan fingerprint density at radius 3 is 2.14 bits per heavy atom. The molecule has 0 heterocycles. The maximum absolute atomic E-state index is 12.2. The number of ketones is 1. The van der Waals surface area contributed by atoms with E-state index in [1.165, 1.54) is 14.2 Å². The molecule has 5 heteroatoms. The van der Waals surface area contributed by atoms with Crippen LogP contribution in [0, 0.1) is 11.5 Å². The largest absolute Gasteiger partial charge is 0.493 e. The van der Waals surface area contributed by atoms with Crippen molar-refractivity contribution in [2.75, 3.05) is 14.2 Å². The summed E-state index contributed by atoms with van der Waals surface area (Å²) >= 11 is 0. The Morgan fingerprint density at radius 1 is 1.19 bits per heavy atom. The highest BCUT2D eigenvalue weighted by molar-refractivity contribution is 6.83. The van der Waals surface area contributed by atoms with Crippen LogP contribution in [-0.2, 0) is 14.3 Å². The number of methoxy groups -OCH3 is 2. The average molecular weight is 306 g/mol. The lowest BCUT2D eigenvalue weighted by molar-refractivity contribution is -0.140. The van der Waals surface area contributed by atoms with Gasteiger partial charge in [0.25, 0.3) is 0 Å². The average Bonchev–Trinajstić information content (AvgIpc) is 2.37. The molecule has 0 fully saturated rings. The molecule has 114 valence electrons. The molecular weight excluding hydrogens is 284 g/mol. The Labute approximate surface area is 127 Å². The number of carbonyl (C=O) groups is 1. The zero-order valence-electron chi connectivity index (χ0n) is 13.7. The molecule has 0 saturated heterocycles. The van der Waals surface area contributed by atoms with Gasteiger partial charge in [0.2, 0.25) is 17.1 Å². The first-order chi connectivity index (χ1) is 9.57. The van der Waals surface area contributed by atoms with Crippen molar-refractivity contribution in [2.24, 2.45) is 0 Å². The van der Waals surface area contributed by atoms with Gasteiger partial charge in [-0.1, -0.05) is 25.6 Å². The number of ether oxygens (including phenoxy) is 2. The number of hydrogen-bond acceptors (Lipinski definition) is 4. The first kappa shape index (κ1) is 17.3. The summed E-state index contributed by atoms with van der Waals surface area (Å²) in [4.78, 5) is 12.2. The van der Waals surface area contributed by atoms with Crippen molar-refractivity contribution in [3.63, 3.8) is 0 Å². The molecule has 4 nitrogen and oxygen atoms in total. The number of Topliss-reactive ketones (excluding diaryl/α,β-unsaturated/α-hetero) is 1. The van der Waals surface area contributed by atoms with Crippen LogP contribution in [0.4, 0.5) is 0 Å². The van der Waals surface area contributed by atoms with Gasteiger partial charge in [-0.25, -0.2) is 0 Å². The van der Waals surface area contributed by atoms with Crippen LogP contribution in [0.1, 0.15) is 13.8 Å². The van der Waals surface area contributed by atoms with Gasteiger partial charge in [0.1, 0.15) is 8.07 Å². The molecule has 0 amide bonds. The lowest BCUT2D eigenvalue weighted by Crippen LogP contribution is -2.53. The van der Waals surface area contributed by atoms with E-state index in [4.69, 9.17) is 9.47 Å². The monoisotopic (exact) mass is 306 g/mol. The third-order valence-corrected chi connectivity index (χ3v) is 3.65. The molecule has 1 unspecified atom stereocenters. The Morgan fingerprint density at radius 2 is 1.76 bits per heavy atom. The summed E-state index contributed by atoms with van der Waals surface area (Å²) in [7, 11) is 1.09. The molecule has 1 aliphatic carbocycles. The topological polar surface area (TPSA) is 55.8 Å². The van der Waals surface area contributed by atoms with Gasteiger partial charge in [-0.2, -0.15) is 0 Å². The molecule has 0 aromatic heterocycles. The molecule has 0 bridgehead atoms. The fourth-order valence-corrected chi connectivity index (χ4v) is 2.34. The van der Waals surface area contributed by atoms with Crippen LogP contribution >= 0.6 is 0 Å². The molecule has 1 rings (SSSR count). The normalized spacial score (nSPS) is 20.9. The van der Waals surface area contributed by atoms with Gasteiger partial charge in [0.05, 0.1) is 19.8 Å². The molecular formula is C16H22O4Si. The van der Waals surface area contributed by atoms with E-state index in [2.05, 4.69) is 36.8 Å². The minimum Gasteiger partial charge on any atom is -0.493 e. The zero-order chi connectivity index (χ0) is 16.4. The van der Waals surface area contributed by atoms with Gasteiger partial charge >= 0.3 is 0 Å². The molecule has 1 N–H and O–H groups in total. The third kappa shape index (κ3) is 3.30. The summed E-state index contributed by atoms with van der Waals surface area (Å²) in [6, 6.07) is 0. The first-order valence-corrected chi connectivity index (χ1v) is 10.2. The van der Waals surface area contributed by atoms with E-state index in [-0.39, 0.29) is 17.1 Å². The number of aliphatic hydroxyl groups is 1. The molecule has 0 saturated carbocycles. The Hall–Kier alpha value is -1.73. The van der Waals surface area contributed by atoms with Gasteiger partial charge in [-0.15, -0.1) is 11.3 Å².